The van der Waals surface area contributed by atoms with Gasteiger partial charge in [-0.25, -0.2) is 35.1 Å². The molecule has 0 aromatic heterocycles. The van der Waals surface area contributed by atoms with Gasteiger partial charge in [0.1, 0.15) is 0 Å². The predicted molar refractivity (Wildman–Crippen MR) is 120 cm³/mol. The van der Waals surface area contributed by atoms with Gasteiger partial charge in [-0.05, 0) is 24.7 Å². The summed E-state index contributed by atoms with van der Waals surface area (Å²) in [6.07, 6.45) is 34.1. The van der Waals surface area contributed by atoms with Gasteiger partial charge in [0.2, 0.25) is 0 Å². The smallest absolute Gasteiger partial charge is 1.00 e. The molecule has 6 rings (SSSR count). The minimum absolute atomic E-state index is 0. The van der Waals surface area contributed by atoms with E-state index in [0.717, 1.165) is 23.7 Å². The second kappa shape index (κ2) is 13.2. The van der Waals surface area contributed by atoms with Gasteiger partial charge >= 0.3 is 26.2 Å². The Morgan fingerprint density at radius 1 is 0.581 bits per heavy atom. The van der Waals surface area contributed by atoms with E-state index in [-0.39, 0.29) is 51.0 Å². The van der Waals surface area contributed by atoms with Crippen LogP contribution in [0.1, 0.15) is 89.9 Å². The fourth-order valence-electron chi connectivity index (χ4n) is 7.02. The molecule has 0 aromatic carbocycles. The summed E-state index contributed by atoms with van der Waals surface area (Å²) in [7, 11) is 0. The van der Waals surface area contributed by atoms with Crippen molar-refractivity contribution in [3.63, 3.8) is 0 Å². The van der Waals surface area contributed by atoms with Gasteiger partial charge in [-0.3, -0.25) is 0 Å². The van der Waals surface area contributed by atoms with Crippen LogP contribution in [0.25, 0.3) is 0 Å². The summed E-state index contributed by atoms with van der Waals surface area (Å²) in [6, 6.07) is 0. The Balaban J connectivity index is 0.000000201. The van der Waals surface area contributed by atoms with Crippen LogP contribution in [-0.2, 0) is 26.2 Å². The number of rotatable bonds is 2. The Bertz CT molecular complexity index is 606. The van der Waals surface area contributed by atoms with Gasteiger partial charge in [0.25, 0.3) is 0 Å². The number of hydrogen-bond donors (Lipinski definition) is 0. The first-order valence-electron chi connectivity index (χ1n) is 12.4. The summed E-state index contributed by atoms with van der Waals surface area (Å²) in [5.41, 5.74) is 3.47. The Morgan fingerprint density at radius 3 is 1.35 bits per heavy atom. The van der Waals surface area contributed by atoms with E-state index < -0.39 is 0 Å². The zero-order valence-electron chi connectivity index (χ0n) is 18.9. The Morgan fingerprint density at radius 2 is 0.968 bits per heavy atom. The van der Waals surface area contributed by atoms with Gasteiger partial charge < -0.3 is 24.8 Å². The molecule has 0 amide bonds. The molecule has 0 nitrogen and oxygen atoms in total. The van der Waals surface area contributed by atoms with Crippen LogP contribution in [0.3, 0.4) is 0 Å². The molecule has 3 heteroatoms. The third-order valence-corrected chi connectivity index (χ3v) is 8.51. The molecule has 31 heavy (non-hydrogen) atoms. The average Bonchev–Trinajstić information content (AvgIpc) is 3.54. The first kappa shape index (κ1) is 27.4. The molecule has 2 unspecified atom stereocenters. The molecule has 168 valence electrons. The number of halogens is 2. The van der Waals surface area contributed by atoms with Crippen LogP contribution in [0.2, 0.25) is 0 Å². The zero-order chi connectivity index (χ0) is 18.8. The largest absolute Gasteiger partial charge is 4.00 e. The standard InChI is InChI=1S/2C14H19.2ClH.Zr/c2*1-2-6-11(5-1)14-10-9-12-7-3-4-8-13(12)14;;;/h2*3-4,8,11-12H,1-2,5-7,9-10H2;2*1H;/q2*-1;;;+4/p-2. The van der Waals surface area contributed by atoms with Crippen molar-refractivity contribution in [2.24, 2.45) is 23.7 Å². The maximum Gasteiger partial charge on any atom is 4.00 e. The maximum absolute atomic E-state index is 2.40. The van der Waals surface area contributed by atoms with Crippen molar-refractivity contribution in [2.45, 2.75) is 89.9 Å². The summed E-state index contributed by atoms with van der Waals surface area (Å²) < 4.78 is 0. The van der Waals surface area contributed by atoms with E-state index in [1.54, 1.807) is 11.1 Å². The first-order valence-corrected chi connectivity index (χ1v) is 12.4. The molecule has 6 aliphatic carbocycles. The van der Waals surface area contributed by atoms with Crippen molar-refractivity contribution in [1.82, 2.24) is 0 Å². The normalized spacial score (nSPS) is 29.0. The molecule has 0 bridgehead atoms. The number of fused-ring (bicyclic) bond motifs is 2. The van der Waals surface area contributed by atoms with E-state index in [4.69, 9.17) is 0 Å². The zero-order valence-corrected chi connectivity index (χ0v) is 22.9. The minimum atomic E-state index is 0. The van der Waals surface area contributed by atoms with Crippen LogP contribution in [0.5, 0.6) is 0 Å². The average molecular weight is 537 g/mol. The topological polar surface area (TPSA) is 0 Å². The molecule has 0 saturated heterocycles. The third kappa shape index (κ3) is 6.19. The minimum Gasteiger partial charge on any atom is -1.00 e. The Labute approximate surface area is 222 Å². The van der Waals surface area contributed by atoms with Gasteiger partial charge in [0, 0.05) is 0 Å². The van der Waals surface area contributed by atoms with Gasteiger partial charge in [-0.1, -0.05) is 88.9 Å². The molecule has 0 spiro atoms. The summed E-state index contributed by atoms with van der Waals surface area (Å²) in [6.45, 7) is 0. The van der Waals surface area contributed by atoms with Gasteiger partial charge in [0.05, 0.1) is 0 Å². The quantitative estimate of drug-likeness (QED) is 0.475. The van der Waals surface area contributed by atoms with Crippen LogP contribution in [-0.4, -0.2) is 0 Å². The van der Waals surface area contributed by atoms with Gasteiger partial charge in [0.15, 0.2) is 0 Å². The van der Waals surface area contributed by atoms with Crippen LogP contribution in [0.15, 0.2) is 47.6 Å². The van der Waals surface area contributed by atoms with Crippen LogP contribution in [0, 0.1) is 35.5 Å². The van der Waals surface area contributed by atoms with E-state index in [1.807, 2.05) is 11.8 Å². The molecular formula is C28H38Cl2Zr. The van der Waals surface area contributed by atoms with Crippen molar-refractivity contribution < 1.29 is 51.0 Å². The molecule has 6 aliphatic rings. The van der Waals surface area contributed by atoms with E-state index in [2.05, 4.69) is 36.5 Å². The van der Waals surface area contributed by atoms with Crippen molar-refractivity contribution in [1.29, 1.82) is 0 Å². The van der Waals surface area contributed by atoms with Gasteiger partial charge in [-0.2, -0.15) is 0 Å². The van der Waals surface area contributed by atoms with E-state index in [0.29, 0.717) is 0 Å². The summed E-state index contributed by atoms with van der Waals surface area (Å²) in [4.78, 5) is 0. The van der Waals surface area contributed by atoms with Crippen LogP contribution < -0.4 is 24.8 Å². The van der Waals surface area contributed by atoms with E-state index in [1.165, 1.54) is 89.9 Å². The molecular weight excluding hydrogens is 498 g/mol. The Hall–Kier alpha value is 0.163. The van der Waals surface area contributed by atoms with E-state index in [9.17, 15) is 0 Å². The third-order valence-electron chi connectivity index (χ3n) is 8.51. The fourth-order valence-corrected chi connectivity index (χ4v) is 7.02. The molecule has 0 heterocycles. The number of hydrogen-bond acceptors (Lipinski definition) is 0. The predicted octanol–water partition coefficient (Wildman–Crippen LogP) is 2.10. The van der Waals surface area contributed by atoms with E-state index >= 15 is 0 Å². The fraction of sp³-hybridized carbons (Fsp3) is 0.643. The SMILES string of the molecule is C1=CCC2CC[C-](C3CCCC3)C2=C1.C1=CCC2CC[C-](C3CCCC3)C2=C1.[Cl-].[Cl-].[Zr+4]. The summed E-state index contributed by atoms with van der Waals surface area (Å²) >= 11 is 0. The molecule has 0 aromatic rings. The molecule has 4 saturated carbocycles. The molecule has 0 radical (unpaired) electrons. The van der Waals surface area contributed by atoms with Crippen molar-refractivity contribution >= 4 is 0 Å². The van der Waals surface area contributed by atoms with Crippen LogP contribution >= 0.6 is 0 Å². The molecule has 2 atom stereocenters. The van der Waals surface area contributed by atoms with Crippen molar-refractivity contribution in [3.05, 3.63) is 59.4 Å². The monoisotopic (exact) mass is 534 g/mol. The summed E-state index contributed by atoms with van der Waals surface area (Å²) in [5, 5.41) is 0. The second-order valence-corrected chi connectivity index (χ2v) is 10.1. The molecule has 0 N–H and O–H groups in total. The second-order valence-electron chi connectivity index (χ2n) is 10.1. The summed E-state index contributed by atoms with van der Waals surface area (Å²) in [5.74, 6) is 7.43. The first-order chi connectivity index (χ1) is 13.9. The molecule has 4 fully saturated rings. The van der Waals surface area contributed by atoms with Crippen molar-refractivity contribution in [2.75, 3.05) is 0 Å². The molecule has 0 aliphatic heterocycles. The number of allylic oxidation sites excluding steroid dienone is 8. The van der Waals surface area contributed by atoms with Crippen LogP contribution in [0.4, 0.5) is 0 Å². The maximum atomic E-state index is 2.40. The Kier molecular flexibility index (Phi) is 11.6. The van der Waals surface area contributed by atoms with Crippen molar-refractivity contribution in [3.8, 4) is 0 Å². The van der Waals surface area contributed by atoms with Gasteiger partial charge in [-0.15, -0.1) is 24.3 Å².